The second-order valence-electron chi connectivity index (χ2n) is 11.4. The van der Waals surface area contributed by atoms with E-state index in [1.807, 2.05) is 6.92 Å². The third-order valence-electron chi connectivity index (χ3n) is 7.89. The number of benzene rings is 3. The SMILES string of the molecule is CCOC(=O)C1=C(C)N=c2s/c(=C\c3cc(Cl)c(OCc4ccc(C(=O)O)cc4)c(OCC)c3)c(=O)n2[C@@H]1c1ccc(OCC(=O)OC)c(OCC)c1. The van der Waals surface area contributed by atoms with E-state index in [0.29, 0.717) is 44.3 Å². The molecule has 15 heteroatoms. The molecule has 53 heavy (non-hydrogen) atoms. The molecule has 0 spiro atoms. The molecule has 0 saturated heterocycles. The quantitative estimate of drug-likeness (QED) is 0.161. The highest BCUT2D eigenvalue weighted by Crippen LogP contribution is 2.38. The number of allylic oxidation sites excluding steroid dienone is 1. The summed E-state index contributed by atoms with van der Waals surface area (Å²) in [5, 5.41) is 9.41. The molecule has 1 aliphatic heterocycles. The van der Waals surface area contributed by atoms with Crippen LogP contribution in [0.1, 0.15) is 60.8 Å². The molecule has 0 unspecified atom stereocenters. The Morgan fingerprint density at radius 3 is 2.30 bits per heavy atom. The van der Waals surface area contributed by atoms with E-state index < -0.39 is 29.5 Å². The molecule has 4 aromatic rings. The van der Waals surface area contributed by atoms with Crippen molar-refractivity contribution in [3.63, 3.8) is 0 Å². The van der Waals surface area contributed by atoms with Gasteiger partial charge in [-0.2, -0.15) is 0 Å². The highest BCUT2D eigenvalue weighted by Gasteiger charge is 2.34. The van der Waals surface area contributed by atoms with Crippen molar-refractivity contribution in [1.82, 2.24) is 4.57 Å². The molecule has 1 aliphatic rings. The number of carbonyl (C=O) groups excluding carboxylic acids is 2. The zero-order chi connectivity index (χ0) is 38.2. The fourth-order valence-electron chi connectivity index (χ4n) is 5.51. The Morgan fingerprint density at radius 1 is 0.925 bits per heavy atom. The van der Waals surface area contributed by atoms with Crippen LogP contribution < -0.4 is 33.8 Å². The zero-order valence-electron chi connectivity index (χ0n) is 29.6. The van der Waals surface area contributed by atoms with E-state index in [-0.39, 0.29) is 54.1 Å². The van der Waals surface area contributed by atoms with Crippen LogP contribution >= 0.6 is 22.9 Å². The lowest BCUT2D eigenvalue weighted by molar-refractivity contribution is -0.143. The van der Waals surface area contributed by atoms with Gasteiger partial charge in [-0.05, 0) is 86.9 Å². The Labute approximate surface area is 313 Å². The molecular weight excluding hydrogens is 728 g/mol. The number of ether oxygens (including phenoxy) is 6. The molecule has 278 valence electrons. The minimum Gasteiger partial charge on any atom is -0.490 e. The van der Waals surface area contributed by atoms with Crippen molar-refractivity contribution in [2.45, 2.75) is 40.3 Å². The van der Waals surface area contributed by atoms with Crippen molar-refractivity contribution >= 4 is 46.9 Å². The summed E-state index contributed by atoms with van der Waals surface area (Å²) in [5.41, 5.74) is 2.09. The molecule has 2 heterocycles. The predicted octanol–water partition coefficient (Wildman–Crippen LogP) is 5.08. The lowest BCUT2D eigenvalue weighted by atomic mass is 9.95. The van der Waals surface area contributed by atoms with Gasteiger partial charge in [-0.1, -0.05) is 41.1 Å². The number of hydrogen-bond donors (Lipinski definition) is 1. The zero-order valence-corrected chi connectivity index (χ0v) is 31.2. The van der Waals surface area contributed by atoms with Crippen LogP contribution in [0.25, 0.3) is 6.08 Å². The summed E-state index contributed by atoms with van der Waals surface area (Å²) in [6.07, 6.45) is 1.66. The van der Waals surface area contributed by atoms with Crippen molar-refractivity contribution < 1.29 is 47.9 Å². The number of carbonyl (C=O) groups is 3. The lowest BCUT2D eigenvalue weighted by Crippen LogP contribution is -2.40. The molecule has 1 N–H and O–H groups in total. The number of hydrogen-bond acceptors (Lipinski definition) is 12. The Bertz CT molecular complexity index is 2240. The van der Waals surface area contributed by atoms with Gasteiger partial charge >= 0.3 is 17.9 Å². The summed E-state index contributed by atoms with van der Waals surface area (Å²) in [7, 11) is 1.25. The average molecular weight is 765 g/mol. The molecule has 13 nitrogen and oxygen atoms in total. The number of nitrogens with zero attached hydrogens (tertiary/aromatic N) is 2. The summed E-state index contributed by atoms with van der Waals surface area (Å²) in [5.74, 6) is -1.03. The van der Waals surface area contributed by atoms with Crippen LogP contribution in [0, 0.1) is 0 Å². The van der Waals surface area contributed by atoms with Crippen LogP contribution in [0.15, 0.2) is 75.7 Å². The van der Waals surface area contributed by atoms with Crippen molar-refractivity contribution in [1.29, 1.82) is 0 Å². The smallest absolute Gasteiger partial charge is 0.343 e. The number of methoxy groups -OCH3 is 1. The maximum Gasteiger partial charge on any atom is 0.343 e. The van der Waals surface area contributed by atoms with E-state index >= 15 is 0 Å². The molecular formula is C38H37ClN2O11S. The van der Waals surface area contributed by atoms with Gasteiger partial charge in [-0.3, -0.25) is 9.36 Å². The van der Waals surface area contributed by atoms with E-state index in [4.69, 9.17) is 35.3 Å². The van der Waals surface area contributed by atoms with Crippen molar-refractivity contribution in [2.24, 2.45) is 4.99 Å². The fraction of sp³-hybridized carbons (Fsp3) is 0.289. The summed E-state index contributed by atoms with van der Waals surface area (Å²) in [6.45, 7) is 7.41. The Morgan fingerprint density at radius 2 is 1.64 bits per heavy atom. The molecule has 0 bridgehead atoms. The van der Waals surface area contributed by atoms with E-state index in [2.05, 4.69) is 9.73 Å². The van der Waals surface area contributed by atoms with Crippen LogP contribution in [0.2, 0.25) is 5.02 Å². The molecule has 3 aromatic carbocycles. The lowest BCUT2D eigenvalue weighted by Gasteiger charge is -2.25. The molecule has 0 amide bonds. The summed E-state index contributed by atoms with van der Waals surface area (Å²) >= 11 is 7.85. The monoisotopic (exact) mass is 764 g/mol. The van der Waals surface area contributed by atoms with Crippen LogP contribution in [-0.2, 0) is 25.7 Å². The molecule has 1 atom stereocenters. The second-order valence-corrected chi connectivity index (χ2v) is 12.8. The van der Waals surface area contributed by atoms with Gasteiger partial charge in [0.15, 0.2) is 34.4 Å². The fourth-order valence-corrected chi connectivity index (χ4v) is 6.83. The maximum atomic E-state index is 14.3. The second kappa shape index (κ2) is 17.3. The first-order valence-corrected chi connectivity index (χ1v) is 17.8. The van der Waals surface area contributed by atoms with Crippen molar-refractivity contribution in [3.8, 4) is 23.0 Å². The number of esters is 2. The first kappa shape index (κ1) is 38.6. The van der Waals surface area contributed by atoms with Gasteiger partial charge in [0.05, 0.1) is 59.4 Å². The average Bonchev–Trinajstić information content (AvgIpc) is 3.43. The molecule has 0 aliphatic carbocycles. The predicted molar refractivity (Wildman–Crippen MR) is 196 cm³/mol. The van der Waals surface area contributed by atoms with E-state index in [1.54, 1.807) is 69.3 Å². The van der Waals surface area contributed by atoms with E-state index in [0.717, 1.165) is 16.9 Å². The topological polar surface area (TPSA) is 161 Å². The number of thiazole rings is 1. The van der Waals surface area contributed by atoms with Gasteiger partial charge in [-0.25, -0.2) is 19.4 Å². The number of carboxylic acid groups (broad SMARTS) is 1. The van der Waals surface area contributed by atoms with Gasteiger partial charge in [0, 0.05) is 0 Å². The summed E-state index contributed by atoms with van der Waals surface area (Å²) < 4.78 is 35.2. The molecule has 1 aromatic heterocycles. The highest BCUT2D eigenvalue weighted by atomic mass is 35.5. The standard InChI is InChI=1S/C38H37ClN2O11S/c1-6-48-28-18-25(13-14-27(28)51-20-31(42)47-5)33-32(37(46)50-8-3)21(4)40-38-41(33)35(43)30(53-38)17-23-15-26(39)34(29(16-23)49-7-2)52-19-22-9-11-24(12-10-22)36(44)45/h9-18,33H,6-8,19-20H2,1-5H3,(H,44,45)/b30-17-/t33-/m1/s1. The number of carboxylic acids is 1. The third-order valence-corrected chi connectivity index (χ3v) is 9.15. The number of aromatic nitrogens is 1. The Hall–Kier alpha value is -5.60. The molecule has 0 saturated carbocycles. The molecule has 0 fully saturated rings. The molecule has 5 rings (SSSR count). The first-order chi connectivity index (χ1) is 25.5. The van der Waals surface area contributed by atoms with E-state index in [9.17, 15) is 24.3 Å². The largest absolute Gasteiger partial charge is 0.490 e. The molecule has 0 radical (unpaired) electrons. The van der Waals surface area contributed by atoms with Crippen molar-refractivity contribution in [3.05, 3.63) is 113 Å². The minimum atomic E-state index is -1.03. The van der Waals surface area contributed by atoms with Gasteiger partial charge in [-0.15, -0.1) is 0 Å². The highest BCUT2D eigenvalue weighted by molar-refractivity contribution is 7.07. The van der Waals surface area contributed by atoms with Crippen molar-refractivity contribution in [2.75, 3.05) is 33.5 Å². The third kappa shape index (κ3) is 8.72. The Balaban J connectivity index is 1.57. The first-order valence-electron chi connectivity index (χ1n) is 16.6. The number of rotatable bonds is 15. The van der Waals surface area contributed by atoms with Gasteiger partial charge in [0.2, 0.25) is 0 Å². The number of aromatic carboxylic acids is 1. The summed E-state index contributed by atoms with van der Waals surface area (Å²) in [6, 6.07) is 13.6. The minimum absolute atomic E-state index is 0.100. The van der Waals surface area contributed by atoms with Gasteiger partial charge in [0.25, 0.3) is 5.56 Å². The number of halogens is 1. The number of fused-ring (bicyclic) bond motifs is 1. The van der Waals surface area contributed by atoms with Gasteiger partial charge in [0.1, 0.15) is 6.61 Å². The van der Waals surface area contributed by atoms with E-state index in [1.165, 1.54) is 23.8 Å². The Kier molecular flexibility index (Phi) is 12.6. The van der Waals surface area contributed by atoms with Crippen LogP contribution in [0.5, 0.6) is 23.0 Å². The van der Waals surface area contributed by atoms with Gasteiger partial charge < -0.3 is 33.5 Å². The normalized spacial score (nSPS) is 13.8. The van der Waals surface area contributed by atoms with Crippen LogP contribution in [0.3, 0.4) is 0 Å². The maximum absolute atomic E-state index is 14.3. The van der Waals surface area contributed by atoms with Crippen LogP contribution in [-0.4, -0.2) is 61.1 Å². The summed E-state index contributed by atoms with van der Waals surface area (Å²) in [4.78, 5) is 55.7. The van der Waals surface area contributed by atoms with Crippen LogP contribution in [0.4, 0.5) is 0 Å².